The summed E-state index contributed by atoms with van der Waals surface area (Å²) in [6, 6.07) is 7.04. The fourth-order valence-electron chi connectivity index (χ4n) is 2.15. The fraction of sp³-hybridized carbons (Fsp3) is 0.400. The van der Waals surface area contributed by atoms with Gasteiger partial charge in [-0.15, -0.1) is 11.8 Å². The molecule has 1 atom stereocenters. The zero-order valence-electron chi connectivity index (χ0n) is 12.4. The van der Waals surface area contributed by atoms with Crippen LogP contribution >= 0.6 is 23.4 Å². The number of hydrogen-bond acceptors (Lipinski definition) is 3. The van der Waals surface area contributed by atoms with Crippen LogP contribution in [-0.2, 0) is 13.5 Å². The minimum Gasteiger partial charge on any atom is -0.316 e. The van der Waals surface area contributed by atoms with Gasteiger partial charge in [-0.3, -0.25) is 4.68 Å². The van der Waals surface area contributed by atoms with Crippen molar-refractivity contribution in [2.24, 2.45) is 7.05 Å². The van der Waals surface area contributed by atoms with Crippen molar-refractivity contribution in [2.45, 2.75) is 24.3 Å². The smallest absolute Gasteiger partial charge is 0.136 e. The first-order valence-corrected chi connectivity index (χ1v) is 8.11. The van der Waals surface area contributed by atoms with Crippen LogP contribution in [0.25, 0.3) is 0 Å². The van der Waals surface area contributed by atoms with Crippen molar-refractivity contribution in [3.8, 4) is 0 Å². The van der Waals surface area contributed by atoms with Gasteiger partial charge < -0.3 is 5.32 Å². The van der Waals surface area contributed by atoms with Crippen LogP contribution in [-0.4, -0.2) is 28.6 Å². The highest BCUT2D eigenvalue weighted by Gasteiger charge is 2.17. The van der Waals surface area contributed by atoms with Crippen LogP contribution in [0.4, 0.5) is 4.39 Å². The summed E-state index contributed by atoms with van der Waals surface area (Å²) in [7, 11) is 3.74. The van der Waals surface area contributed by atoms with Crippen LogP contribution in [0.1, 0.15) is 11.3 Å². The molecular weight excluding hydrogens is 309 g/mol. The van der Waals surface area contributed by atoms with Crippen molar-refractivity contribution in [2.75, 3.05) is 12.8 Å². The molecule has 0 aliphatic heterocycles. The average Bonchev–Trinajstić information content (AvgIpc) is 2.70. The zero-order chi connectivity index (χ0) is 15.4. The molecule has 0 aliphatic rings. The molecular formula is C15H19ClFN3S. The first-order valence-electron chi connectivity index (χ1n) is 6.75. The van der Waals surface area contributed by atoms with Gasteiger partial charge in [-0.05, 0) is 32.5 Å². The first kappa shape index (κ1) is 16.3. The molecule has 1 aromatic carbocycles. The Kier molecular flexibility index (Phi) is 5.67. The third-order valence-corrected chi connectivity index (χ3v) is 5.09. The van der Waals surface area contributed by atoms with Gasteiger partial charge in [0.1, 0.15) is 11.0 Å². The maximum absolute atomic E-state index is 13.6. The molecule has 0 bridgehead atoms. The van der Waals surface area contributed by atoms with E-state index in [-0.39, 0.29) is 11.9 Å². The lowest BCUT2D eigenvalue weighted by molar-refractivity contribution is 0.598. The van der Waals surface area contributed by atoms with Crippen LogP contribution < -0.4 is 5.32 Å². The number of benzene rings is 1. The second-order valence-corrected chi connectivity index (χ2v) is 6.33. The van der Waals surface area contributed by atoms with Crippen molar-refractivity contribution in [1.29, 1.82) is 0 Å². The Morgan fingerprint density at radius 1 is 1.43 bits per heavy atom. The number of aromatic nitrogens is 2. The van der Waals surface area contributed by atoms with Gasteiger partial charge in [0.05, 0.1) is 5.69 Å². The van der Waals surface area contributed by atoms with E-state index in [1.807, 2.05) is 27.1 Å². The molecule has 2 rings (SSSR count). The van der Waals surface area contributed by atoms with Crippen molar-refractivity contribution in [3.05, 3.63) is 46.5 Å². The Labute approximate surface area is 133 Å². The third kappa shape index (κ3) is 3.99. The molecule has 1 unspecified atom stereocenters. The van der Waals surface area contributed by atoms with E-state index in [0.29, 0.717) is 10.0 Å². The topological polar surface area (TPSA) is 29.9 Å². The van der Waals surface area contributed by atoms with Gasteiger partial charge in [-0.1, -0.05) is 23.7 Å². The molecule has 1 aromatic heterocycles. The van der Waals surface area contributed by atoms with Gasteiger partial charge in [-0.25, -0.2) is 4.39 Å². The standard InChI is InChI=1S/C15H19ClFN3S/c1-10-12(15(16)20(3)19-10)8-11(18-2)9-21-14-7-5-4-6-13(14)17/h4-7,11,18H,8-9H2,1-3H3. The Bertz CT molecular complexity index is 615. The SMILES string of the molecule is CNC(CSc1ccccc1F)Cc1c(C)nn(C)c1Cl. The number of nitrogens with one attached hydrogen (secondary N) is 1. The van der Waals surface area contributed by atoms with E-state index >= 15 is 0 Å². The number of aryl methyl sites for hydroxylation is 2. The fourth-order valence-corrected chi connectivity index (χ4v) is 3.45. The second-order valence-electron chi connectivity index (χ2n) is 4.91. The van der Waals surface area contributed by atoms with Gasteiger partial charge in [0.25, 0.3) is 0 Å². The summed E-state index contributed by atoms with van der Waals surface area (Å²) in [6.07, 6.45) is 0.774. The molecule has 0 aliphatic carbocycles. The van der Waals surface area contributed by atoms with Gasteiger partial charge in [0.2, 0.25) is 0 Å². The van der Waals surface area contributed by atoms with E-state index in [0.717, 1.165) is 23.4 Å². The van der Waals surface area contributed by atoms with E-state index in [1.54, 1.807) is 16.8 Å². The summed E-state index contributed by atoms with van der Waals surface area (Å²) in [6.45, 7) is 1.96. The summed E-state index contributed by atoms with van der Waals surface area (Å²) in [5.74, 6) is 0.593. The van der Waals surface area contributed by atoms with Crippen LogP contribution in [0.3, 0.4) is 0 Å². The maximum Gasteiger partial charge on any atom is 0.136 e. The summed E-state index contributed by atoms with van der Waals surface area (Å²) >= 11 is 7.77. The van der Waals surface area contributed by atoms with E-state index in [2.05, 4.69) is 10.4 Å². The maximum atomic E-state index is 13.6. The third-order valence-electron chi connectivity index (χ3n) is 3.41. The molecule has 6 heteroatoms. The number of thioether (sulfide) groups is 1. The molecule has 21 heavy (non-hydrogen) atoms. The molecule has 2 aromatic rings. The largest absolute Gasteiger partial charge is 0.316 e. The van der Waals surface area contributed by atoms with E-state index in [4.69, 9.17) is 11.6 Å². The molecule has 1 heterocycles. The summed E-state index contributed by atoms with van der Waals surface area (Å²) < 4.78 is 15.3. The van der Waals surface area contributed by atoms with Gasteiger partial charge in [0, 0.05) is 29.3 Å². The summed E-state index contributed by atoms with van der Waals surface area (Å²) in [5.41, 5.74) is 1.99. The molecule has 0 spiro atoms. The predicted molar refractivity (Wildman–Crippen MR) is 86.6 cm³/mol. The van der Waals surface area contributed by atoms with Crippen molar-refractivity contribution in [1.82, 2.24) is 15.1 Å². The highest BCUT2D eigenvalue weighted by Crippen LogP contribution is 2.25. The highest BCUT2D eigenvalue weighted by molar-refractivity contribution is 7.99. The Morgan fingerprint density at radius 2 is 2.14 bits per heavy atom. The number of halogens is 2. The Morgan fingerprint density at radius 3 is 2.71 bits per heavy atom. The van der Waals surface area contributed by atoms with Crippen LogP contribution in [0.15, 0.2) is 29.2 Å². The van der Waals surface area contributed by atoms with E-state index in [9.17, 15) is 4.39 Å². The van der Waals surface area contributed by atoms with Crippen molar-refractivity contribution < 1.29 is 4.39 Å². The molecule has 3 nitrogen and oxygen atoms in total. The summed E-state index contributed by atoms with van der Waals surface area (Å²) in [4.78, 5) is 0.673. The first-order chi connectivity index (χ1) is 10.0. The molecule has 1 N–H and O–H groups in total. The second kappa shape index (κ2) is 7.29. The van der Waals surface area contributed by atoms with Crippen LogP contribution in [0.2, 0.25) is 5.15 Å². The predicted octanol–water partition coefficient (Wildman–Crippen LogP) is 3.44. The normalized spacial score (nSPS) is 12.6. The Hall–Kier alpha value is -1.04. The minimum atomic E-state index is -0.173. The lowest BCUT2D eigenvalue weighted by Crippen LogP contribution is -2.30. The zero-order valence-corrected chi connectivity index (χ0v) is 13.9. The molecule has 0 saturated carbocycles. The van der Waals surface area contributed by atoms with Gasteiger partial charge in [0.15, 0.2) is 0 Å². The molecule has 0 amide bonds. The number of hydrogen-bond donors (Lipinski definition) is 1. The molecule has 0 fully saturated rings. The van der Waals surface area contributed by atoms with Gasteiger partial charge in [-0.2, -0.15) is 5.10 Å². The number of rotatable bonds is 6. The van der Waals surface area contributed by atoms with Crippen molar-refractivity contribution in [3.63, 3.8) is 0 Å². The van der Waals surface area contributed by atoms with Crippen LogP contribution in [0.5, 0.6) is 0 Å². The lowest BCUT2D eigenvalue weighted by atomic mass is 10.1. The highest BCUT2D eigenvalue weighted by atomic mass is 35.5. The molecule has 114 valence electrons. The monoisotopic (exact) mass is 327 g/mol. The quantitative estimate of drug-likeness (QED) is 0.824. The molecule has 0 saturated heterocycles. The van der Waals surface area contributed by atoms with E-state index in [1.165, 1.54) is 17.8 Å². The van der Waals surface area contributed by atoms with E-state index < -0.39 is 0 Å². The Balaban J connectivity index is 2.02. The van der Waals surface area contributed by atoms with Crippen molar-refractivity contribution >= 4 is 23.4 Å². The summed E-state index contributed by atoms with van der Waals surface area (Å²) in [5, 5.41) is 8.26. The van der Waals surface area contributed by atoms with Gasteiger partial charge >= 0.3 is 0 Å². The minimum absolute atomic E-state index is 0.173. The average molecular weight is 328 g/mol. The lowest BCUT2D eigenvalue weighted by Gasteiger charge is -2.16. The van der Waals surface area contributed by atoms with Crippen LogP contribution in [0, 0.1) is 12.7 Å². The number of nitrogens with zero attached hydrogens (tertiary/aromatic N) is 2. The number of likely N-dealkylation sites (N-methyl/N-ethyl adjacent to an activating group) is 1. The molecule has 0 radical (unpaired) electrons.